The molecule has 0 radical (unpaired) electrons. The first kappa shape index (κ1) is 37.6. The van der Waals surface area contributed by atoms with Gasteiger partial charge in [-0.05, 0) is 115 Å². The molecule has 0 bridgehead atoms. The highest BCUT2D eigenvalue weighted by molar-refractivity contribution is 6.15. The summed E-state index contributed by atoms with van der Waals surface area (Å²) in [6, 6.07) is 53.4. The second-order valence-electron chi connectivity index (χ2n) is 14.9. The molecule has 0 aliphatic carbocycles. The van der Waals surface area contributed by atoms with Crippen molar-refractivity contribution in [2.45, 2.75) is 0 Å². The van der Waals surface area contributed by atoms with Gasteiger partial charge in [-0.15, -0.1) is 0 Å². The van der Waals surface area contributed by atoms with Gasteiger partial charge < -0.3 is 29.9 Å². The van der Waals surface area contributed by atoms with Gasteiger partial charge in [-0.1, -0.05) is 121 Å². The van der Waals surface area contributed by atoms with Gasteiger partial charge in [0.2, 0.25) is 0 Å². The molecule has 10 aromatic carbocycles. The summed E-state index contributed by atoms with van der Waals surface area (Å²) >= 11 is 0. The number of hydrogen-bond acceptors (Lipinski definition) is 8. The number of esters is 2. The summed E-state index contributed by atoms with van der Waals surface area (Å²) in [5.41, 5.74) is 2.91. The van der Waals surface area contributed by atoms with E-state index >= 15 is 0 Å². The monoisotopic (exact) mass is 810 g/mol. The standard InChI is InChI=1S/C54H34O8/c55-45-25-21-35-27-31(19-23-41(35)47(45)49-39-17-9-7-11-33(39)29-43(51(49)57)53(59)61-37-13-3-1-4-14-37)32-20-24-42-36(28-32)22-26-46(56)48(42)50-40-18-10-8-12-34(40)30-44(52(50)58)54(60)62-38-15-5-2-6-16-38/h1-30,55-58H. The molecule has 298 valence electrons. The fourth-order valence-corrected chi connectivity index (χ4v) is 8.31. The smallest absolute Gasteiger partial charge is 0.347 e. The number of para-hydroxylation sites is 2. The third kappa shape index (κ3) is 6.52. The van der Waals surface area contributed by atoms with Crippen LogP contribution in [0.15, 0.2) is 182 Å². The molecule has 0 spiro atoms. The average molecular weight is 811 g/mol. The zero-order valence-corrected chi connectivity index (χ0v) is 32.7. The third-order valence-electron chi connectivity index (χ3n) is 11.2. The van der Waals surface area contributed by atoms with E-state index in [1.165, 1.54) is 0 Å². The average Bonchev–Trinajstić information content (AvgIpc) is 3.29. The van der Waals surface area contributed by atoms with Gasteiger partial charge in [0.1, 0.15) is 45.6 Å². The molecule has 0 saturated carbocycles. The van der Waals surface area contributed by atoms with Crippen molar-refractivity contribution in [3.05, 3.63) is 193 Å². The van der Waals surface area contributed by atoms with Crippen molar-refractivity contribution in [2.24, 2.45) is 0 Å². The number of aromatic hydroxyl groups is 4. The summed E-state index contributed by atoms with van der Waals surface area (Å²) in [5, 5.41) is 52.0. The summed E-state index contributed by atoms with van der Waals surface area (Å²) in [4.78, 5) is 27.0. The highest BCUT2D eigenvalue weighted by Crippen LogP contribution is 2.49. The Hall–Kier alpha value is -8.62. The number of benzene rings is 10. The van der Waals surface area contributed by atoms with Crippen LogP contribution in [0.4, 0.5) is 0 Å². The Morgan fingerprint density at radius 1 is 0.339 bits per heavy atom. The Morgan fingerprint density at radius 2 is 0.694 bits per heavy atom. The summed E-state index contributed by atoms with van der Waals surface area (Å²) in [7, 11) is 0. The molecule has 0 aliphatic heterocycles. The number of phenolic OH excluding ortho intramolecular Hbond substituents is 4. The molecule has 0 aromatic heterocycles. The predicted octanol–water partition coefficient (Wildman–Crippen LogP) is 12.6. The minimum absolute atomic E-state index is 0.0442. The van der Waals surface area contributed by atoms with Crippen LogP contribution in [0.2, 0.25) is 0 Å². The number of carbonyl (C=O) groups excluding carboxylic acids is 2. The van der Waals surface area contributed by atoms with Crippen LogP contribution in [-0.4, -0.2) is 32.4 Å². The lowest BCUT2D eigenvalue weighted by molar-refractivity contribution is 0.0722. The Bertz CT molecular complexity index is 3200. The van der Waals surface area contributed by atoms with Crippen molar-refractivity contribution >= 4 is 55.0 Å². The number of fused-ring (bicyclic) bond motifs is 4. The molecule has 0 heterocycles. The molecular formula is C54H34O8. The van der Waals surface area contributed by atoms with Crippen LogP contribution in [0.5, 0.6) is 34.5 Å². The fourth-order valence-electron chi connectivity index (χ4n) is 8.31. The van der Waals surface area contributed by atoms with Crippen molar-refractivity contribution in [1.82, 2.24) is 0 Å². The van der Waals surface area contributed by atoms with Crippen molar-refractivity contribution in [3.8, 4) is 67.9 Å². The SMILES string of the molecule is O=C(Oc1ccccc1)c1cc2ccccc2c(-c2c(O)ccc3cc(-c4ccc5c(-c6c(O)c(C(=O)Oc7ccccc7)cc7ccccc67)c(O)ccc5c4)ccc23)c1O. The van der Waals surface area contributed by atoms with Gasteiger partial charge in [-0.3, -0.25) is 0 Å². The van der Waals surface area contributed by atoms with Gasteiger partial charge in [0.05, 0.1) is 0 Å². The lowest BCUT2D eigenvalue weighted by Gasteiger charge is -2.18. The summed E-state index contributed by atoms with van der Waals surface area (Å²) in [5.74, 6) is -1.61. The molecule has 0 aliphatic rings. The number of ether oxygens (including phenoxy) is 2. The van der Waals surface area contributed by atoms with Gasteiger partial charge in [-0.2, -0.15) is 0 Å². The first-order chi connectivity index (χ1) is 30.2. The molecule has 62 heavy (non-hydrogen) atoms. The van der Waals surface area contributed by atoms with E-state index in [2.05, 4.69) is 0 Å². The van der Waals surface area contributed by atoms with Gasteiger partial charge in [0.25, 0.3) is 0 Å². The van der Waals surface area contributed by atoms with Gasteiger partial charge >= 0.3 is 11.9 Å². The highest BCUT2D eigenvalue weighted by Gasteiger charge is 2.26. The Kier molecular flexibility index (Phi) is 9.23. The highest BCUT2D eigenvalue weighted by atomic mass is 16.5. The summed E-state index contributed by atoms with van der Waals surface area (Å²) in [6.45, 7) is 0. The van der Waals surface area contributed by atoms with Gasteiger partial charge in [0.15, 0.2) is 0 Å². The Labute approximate surface area is 354 Å². The van der Waals surface area contributed by atoms with Gasteiger partial charge in [-0.25, -0.2) is 9.59 Å². The van der Waals surface area contributed by atoms with Crippen LogP contribution in [0.3, 0.4) is 0 Å². The van der Waals surface area contributed by atoms with E-state index < -0.39 is 11.9 Å². The second kappa shape index (κ2) is 15.2. The van der Waals surface area contributed by atoms with Crippen molar-refractivity contribution in [1.29, 1.82) is 0 Å². The molecule has 8 nitrogen and oxygen atoms in total. The minimum Gasteiger partial charge on any atom is -0.507 e. The topological polar surface area (TPSA) is 134 Å². The Balaban J connectivity index is 1.07. The maximum absolute atomic E-state index is 13.5. The maximum atomic E-state index is 13.5. The number of phenols is 4. The minimum atomic E-state index is -0.739. The lowest BCUT2D eigenvalue weighted by atomic mass is 9.88. The van der Waals surface area contributed by atoms with Crippen molar-refractivity contribution < 1.29 is 39.5 Å². The zero-order chi connectivity index (χ0) is 42.5. The van der Waals surface area contributed by atoms with E-state index in [9.17, 15) is 30.0 Å². The Morgan fingerprint density at radius 3 is 1.11 bits per heavy atom. The van der Waals surface area contributed by atoms with Crippen LogP contribution in [0, 0.1) is 0 Å². The van der Waals surface area contributed by atoms with E-state index in [0.29, 0.717) is 66.1 Å². The van der Waals surface area contributed by atoms with Gasteiger partial charge in [0, 0.05) is 22.3 Å². The zero-order valence-electron chi connectivity index (χ0n) is 32.7. The summed E-state index contributed by atoms with van der Waals surface area (Å²) in [6.07, 6.45) is 0. The van der Waals surface area contributed by atoms with Crippen molar-refractivity contribution in [2.75, 3.05) is 0 Å². The quantitative estimate of drug-likeness (QED) is 0.0923. The van der Waals surface area contributed by atoms with E-state index in [1.54, 1.807) is 84.9 Å². The maximum Gasteiger partial charge on any atom is 0.347 e. The predicted molar refractivity (Wildman–Crippen MR) is 242 cm³/mol. The molecule has 10 aromatic rings. The van der Waals surface area contributed by atoms with Crippen LogP contribution in [0.1, 0.15) is 20.7 Å². The van der Waals surface area contributed by atoms with E-state index in [-0.39, 0.29) is 34.1 Å². The molecule has 0 atom stereocenters. The van der Waals surface area contributed by atoms with E-state index in [4.69, 9.17) is 9.47 Å². The fraction of sp³-hybridized carbons (Fsp3) is 0. The number of rotatable bonds is 7. The van der Waals surface area contributed by atoms with E-state index in [0.717, 1.165) is 21.9 Å². The summed E-state index contributed by atoms with van der Waals surface area (Å²) < 4.78 is 11.3. The largest absolute Gasteiger partial charge is 0.507 e. The van der Waals surface area contributed by atoms with Crippen molar-refractivity contribution in [3.63, 3.8) is 0 Å². The molecule has 8 heteroatoms. The third-order valence-corrected chi connectivity index (χ3v) is 11.2. The molecular weight excluding hydrogens is 777 g/mol. The molecule has 0 fully saturated rings. The van der Waals surface area contributed by atoms with E-state index in [1.807, 2.05) is 97.1 Å². The molecule has 0 saturated heterocycles. The first-order valence-electron chi connectivity index (χ1n) is 19.8. The first-order valence-corrected chi connectivity index (χ1v) is 19.8. The molecule has 4 N–H and O–H groups in total. The van der Waals surface area contributed by atoms with Crippen LogP contribution in [0.25, 0.3) is 76.5 Å². The van der Waals surface area contributed by atoms with Crippen LogP contribution < -0.4 is 9.47 Å². The normalized spacial score (nSPS) is 11.3. The molecule has 0 amide bonds. The van der Waals surface area contributed by atoms with Crippen LogP contribution in [-0.2, 0) is 0 Å². The lowest BCUT2D eigenvalue weighted by Crippen LogP contribution is -2.09. The molecule has 10 rings (SSSR count). The number of carbonyl (C=O) groups is 2. The second-order valence-corrected chi connectivity index (χ2v) is 14.9. The molecule has 0 unspecified atom stereocenters. The van der Waals surface area contributed by atoms with Crippen LogP contribution >= 0.6 is 0 Å². The number of hydrogen-bond donors (Lipinski definition) is 4.